The van der Waals surface area contributed by atoms with Crippen LogP contribution in [0.2, 0.25) is 0 Å². The highest BCUT2D eigenvalue weighted by molar-refractivity contribution is 5.00. The topological polar surface area (TPSA) is 32.8 Å². The number of hydrogen-bond acceptors (Lipinski definition) is 2. The highest BCUT2D eigenvalue weighted by Gasteiger charge is 2.50. The largest absolute Gasteiger partial charge is 0.393 e. The Kier molecular flexibility index (Phi) is 1.16. The van der Waals surface area contributed by atoms with Crippen molar-refractivity contribution in [2.75, 3.05) is 6.61 Å². The predicted molar refractivity (Wildman–Crippen MR) is 40.1 cm³/mol. The monoisotopic (exact) mass is 154 g/mol. The Morgan fingerprint density at radius 2 is 1.91 bits per heavy atom. The number of rotatable bonds is 1. The molecule has 3 fully saturated rings. The van der Waals surface area contributed by atoms with E-state index in [0.717, 1.165) is 24.9 Å². The van der Waals surface area contributed by atoms with Gasteiger partial charge in [-0.3, -0.25) is 0 Å². The zero-order valence-corrected chi connectivity index (χ0v) is 6.57. The van der Waals surface area contributed by atoms with Crippen LogP contribution < -0.4 is 0 Å². The Morgan fingerprint density at radius 3 is 2.36 bits per heavy atom. The Morgan fingerprint density at radius 1 is 1.09 bits per heavy atom. The predicted octanol–water partition coefficient (Wildman–Crippen LogP) is 0.792. The minimum atomic E-state index is 0.0231. The van der Waals surface area contributed by atoms with Gasteiger partial charge in [-0.05, 0) is 37.0 Å². The van der Waals surface area contributed by atoms with E-state index in [9.17, 15) is 5.11 Å². The molecular formula is C9H14O2. The fraction of sp³-hybridized carbons (Fsp3) is 1.00. The standard InChI is InChI=1S/C9H14O2/c10-8-3-5-1-6(8)2-7(5)9-4-11-9/h5-10H,1-4H2. The smallest absolute Gasteiger partial charge is 0.0840 e. The molecule has 0 aromatic rings. The molecule has 2 aliphatic carbocycles. The molecule has 2 bridgehead atoms. The average molecular weight is 154 g/mol. The van der Waals surface area contributed by atoms with Crippen LogP contribution in [0.25, 0.3) is 0 Å². The Balaban J connectivity index is 1.75. The van der Waals surface area contributed by atoms with E-state index < -0.39 is 0 Å². The summed E-state index contributed by atoms with van der Waals surface area (Å²) >= 11 is 0. The molecule has 1 aliphatic heterocycles. The number of fused-ring (bicyclic) bond motifs is 2. The van der Waals surface area contributed by atoms with Crippen molar-refractivity contribution in [1.82, 2.24) is 0 Å². The summed E-state index contributed by atoms with van der Waals surface area (Å²) in [4.78, 5) is 0. The molecule has 2 nitrogen and oxygen atoms in total. The minimum Gasteiger partial charge on any atom is -0.393 e. The molecular weight excluding hydrogens is 140 g/mol. The van der Waals surface area contributed by atoms with Gasteiger partial charge in [-0.2, -0.15) is 0 Å². The van der Waals surface area contributed by atoms with E-state index in [4.69, 9.17) is 4.74 Å². The lowest BCUT2D eigenvalue weighted by Crippen LogP contribution is -2.24. The number of aliphatic hydroxyl groups is 1. The molecule has 5 unspecified atom stereocenters. The van der Waals surface area contributed by atoms with Crippen LogP contribution >= 0.6 is 0 Å². The zero-order valence-electron chi connectivity index (χ0n) is 6.57. The van der Waals surface area contributed by atoms with E-state index in [0.29, 0.717) is 12.0 Å². The zero-order chi connectivity index (χ0) is 7.42. The first-order valence-corrected chi connectivity index (χ1v) is 4.64. The van der Waals surface area contributed by atoms with E-state index in [-0.39, 0.29) is 6.10 Å². The van der Waals surface area contributed by atoms with E-state index >= 15 is 0 Å². The summed E-state index contributed by atoms with van der Waals surface area (Å²) in [5, 5.41) is 9.50. The first-order chi connectivity index (χ1) is 5.34. The quantitative estimate of drug-likeness (QED) is 0.566. The van der Waals surface area contributed by atoms with Gasteiger partial charge in [0, 0.05) is 0 Å². The Labute approximate surface area is 66.5 Å². The van der Waals surface area contributed by atoms with Crippen LogP contribution in [0.5, 0.6) is 0 Å². The molecule has 1 N–H and O–H groups in total. The average Bonchev–Trinajstić information content (AvgIpc) is 2.67. The second-order valence-corrected chi connectivity index (χ2v) is 4.33. The highest BCUT2D eigenvalue weighted by Crippen LogP contribution is 2.52. The van der Waals surface area contributed by atoms with Gasteiger partial charge in [-0.15, -0.1) is 0 Å². The fourth-order valence-corrected chi connectivity index (χ4v) is 3.05. The lowest BCUT2D eigenvalue weighted by atomic mass is 9.85. The second kappa shape index (κ2) is 1.99. The highest BCUT2D eigenvalue weighted by atomic mass is 16.6. The van der Waals surface area contributed by atoms with Crippen molar-refractivity contribution in [3.05, 3.63) is 0 Å². The maximum atomic E-state index is 9.50. The van der Waals surface area contributed by atoms with Crippen LogP contribution in [0.3, 0.4) is 0 Å². The normalized spacial score (nSPS) is 60.3. The third-order valence-electron chi connectivity index (χ3n) is 3.71. The summed E-state index contributed by atoms with van der Waals surface area (Å²) in [7, 11) is 0. The van der Waals surface area contributed by atoms with Crippen LogP contribution in [0, 0.1) is 17.8 Å². The van der Waals surface area contributed by atoms with Gasteiger partial charge >= 0.3 is 0 Å². The van der Waals surface area contributed by atoms with Gasteiger partial charge in [-0.1, -0.05) is 0 Å². The molecule has 2 heteroatoms. The molecule has 0 amide bonds. The summed E-state index contributed by atoms with van der Waals surface area (Å²) in [6.45, 7) is 0.990. The Hall–Kier alpha value is -0.0800. The van der Waals surface area contributed by atoms with Crippen molar-refractivity contribution < 1.29 is 9.84 Å². The van der Waals surface area contributed by atoms with Crippen molar-refractivity contribution in [2.45, 2.75) is 31.5 Å². The summed E-state index contributed by atoms with van der Waals surface area (Å²) in [6.07, 6.45) is 4.16. The number of epoxide rings is 1. The third-order valence-corrected chi connectivity index (χ3v) is 3.71. The van der Waals surface area contributed by atoms with Crippen molar-refractivity contribution in [1.29, 1.82) is 0 Å². The molecule has 1 heterocycles. The molecule has 0 radical (unpaired) electrons. The van der Waals surface area contributed by atoms with Gasteiger partial charge in [-0.25, -0.2) is 0 Å². The van der Waals surface area contributed by atoms with Gasteiger partial charge in [0.1, 0.15) is 0 Å². The maximum Gasteiger partial charge on any atom is 0.0840 e. The van der Waals surface area contributed by atoms with E-state index in [1.54, 1.807) is 0 Å². The molecule has 1 saturated heterocycles. The molecule has 2 saturated carbocycles. The van der Waals surface area contributed by atoms with Gasteiger partial charge in [0.05, 0.1) is 18.8 Å². The molecule has 5 atom stereocenters. The fourth-order valence-electron chi connectivity index (χ4n) is 3.05. The van der Waals surface area contributed by atoms with Crippen LogP contribution in [-0.2, 0) is 4.74 Å². The SMILES string of the molecule is OC1CC2CC1CC2C1CO1. The molecule has 0 aromatic carbocycles. The van der Waals surface area contributed by atoms with Crippen molar-refractivity contribution in [3.63, 3.8) is 0 Å². The van der Waals surface area contributed by atoms with Gasteiger partial charge in [0.25, 0.3) is 0 Å². The first kappa shape index (κ1) is 6.44. The van der Waals surface area contributed by atoms with Crippen molar-refractivity contribution in [2.24, 2.45) is 17.8 Å². The molecule has 11 heavy (non-hydrogen) atoms. The van der Waals surface area contributed by atoms with Gasteiger partial charge in [0.15, 0.2) is 0 Å². The van der Waals surface area contributed by atoms with Crippen LogP contribution in [-0.4, -0.2) is 23.9 Å². The number of ether oxygens (including phenoxy) is 1. The summed E-state index contributed by atoms with van der Waals surface area (Å²) < 4.78 is 5.30. The first-order valence-electron chi connectivity index (χ1n) is 4.64. The second-order valence-electron chi connectivity index (χ2n) is 4.33. The van der Waals surface area contributed by atoms with E-state index in [2.05, 4.69) is 0 Å². The van der Waals surface area contributed by atoms with Crippen molar-refractivity contribution >= 4 is 0 Å². The summed E-state index contributed by atoms with van der Waals surface area (Å²) in [5.74, 6) is 2.22. The lowest BCUT2D eigenvalue weighted by molar-refractivity contribution is 0.0877. The molecule has 3 aliphatic rings. The molecule has 0 aromatic heterocycles. The Bertz CT molecular complexity index is 174. The van der Waals surface area contributed by atoms with E-state index in [1.165, 1.54) is 12.8 Å². The lowest BCUT2D eigenvalue weighted by Gasteiger charge is -2.23. The molecule has 3 rings (SSSR count). The summed E-state index contributed by atoms with van der Waals surface area (Å²) in [5.41, 5.74) is 0. The molecule has 62 valence electrons. The van der Waals surface area contributed by atoms with Crippen LogP contribution in [0.4, 0.5) is 0 Å². The van der Waals surface area contributed by atoms with E-state index in [1.807, 2.05) is 0 Å². The molecule has 0 spiro atoms. The van der Waals surface area contributed by atoms with Crippen LogP contribution in [0.1, 0.15) is 19.3 Å². The summed E-state index contributed by atoms with van der Waals surface area (Å²) in [6, 6.07) is 0. The minimum absolute atomic E-state index is 0.0231. The number of hydrogen-bond donors (Lipinski definition) is 1. The third kappa shape index (κ3) is 0.859. The van der Waals surface area contributed by atoms with Crippen molar-refractivity contribution in [3.8, 4) is 0 Å². The maximum absolute atomic E-state index is 9.50. The number of aliphatic hydroxyl groups excluding tert-OH is 1. The van der Waals surface area contributed by atoms with Gasteiger partial charge in [0.2, 0.25) is 0 Å². The van der Waals surface area contributed by atoms with Crippen LogP contribution in [0.15, 0.2) is 0 Å². The van der Waals surface area contributed by atoms with Gasteiger partial charge < -0.3 is 9.84 Å².